The summed E-state index contributed by atoms with van der Waals surface area (Å²) < 4.78 is 15.1. The van der Waals surface area contributed by atoms with Crippen molar-refractivity contribution in [2.45, 2.75) is 24.7 Å². The fourth-order valence-corrected chi connectivity index (χ4v) is 8.59. The highest BCUT2D eigenvalue weighted by Crippen LogP contribution is 2.32. The Hall–Kier alpha value is -7.45. The molecule has 4 heterocycles. The molecule has 0 saturated carbocycles. The van der Waals surface area contributed by atoms with Gasteiger partial charge in [0.1, 0.15) is 27.7 Å². The van der Waals surface area contributed by atoms with Crippen LogP contribution < -0.4 is 10.6 Å². The van der Waals surface area contributed by atoms with Crippen molar-refractivity contribution in [1.82, 2.24) is 29.9 Å². The molecule has 0 amide bonds. The maximum absolute atomic E-state index is 13.0. The highest BCUT2D eigenvalue weighted by atomic mass is 32.1. The molecule has 2 atom stereocenters. The molecule has 9 rings (SSSR count). The van der Waals surface area contributed by atoms with Gasteiger partial charge in [-0.3, -0.25) is 0 Å². The molecule has 0 aliphatic carbocycles. The van der Waals surface area contributed by atoms with E-state index in [4.69, 9.17) is 0 Å². The Labute approximate surface area is 360 Å². The predicted molar refractivity (Wildman–Crippen MR) is 241 cm³/mol. The summed E-state index contributed by atoms with van der Waals surface area (Å²) >= 11 is 3.03. The van der Waals surface area contributed by atoms with Crippen molar-refractivity contribution in [3.8, 4) is 23.3 Å². The first-order valence-corrected chi connectivity index (χ1v) is 21.2. The average molecular weight is 837 g/mol. The molecule has 0 aliphatic heterocycles. The fourth-order valence-electron chi connectivity index (χ4n) is 6.54. The highest BCUT2D eigenvalue weighted by Gasteiger charge is 2.21. The first-order valence-electron chi connectivity index (χ1n) is 19.6. The van der Waals surface area contributed by atoms with Crippen LogP contribution in [0.1, 0.15) is 44.4 Å². The second kappa shape index (κ2) is 19.5. The van der Waals surface area contributed by atoms with Crippen LogP contribution in [0.3, 0.4) is 0 Å². The van der Waals surface area contributed by atoms with Crippen LogP contribution in [0.2, 0.25) is 0 Å². The SMILES string of the molecule is N#CC(c1ccnc(NCCc2ccc(-c3ccccc3)cc2)n1)c1nc2ccccc2s1.N#CC(c1ccnc(NCCc2ccc(F)cc2)n1)c1nc2ccccc2s1. The normalized spacial score (nSPS) is 11.8. The number of benzene rings is 5. The number of halogens is 1. The number of thiazole rings is 2. The van der Waals surface area contributed by atoms with E-state index < -0.39 is 11.8 Å². The number of nitrogens with one attached hydrogen (secondary N) is 2. The average Bonchev–Trinajstić information content (AvgIpc) is 3.93. The van der Waals surface area contributed by atoms with E-state index in [2.05, 4.69) is 101 Å². The molecule has 2 unspecified atom stereocenters. The number of fused-ring (bicyclic) bond motifs is 2. The molecule has 298 valence electrons. The second-order valence-corrected chi connectivity index (χ2v) is 15.9. The maximum atomic E-state index is 13.0. The lowest BCUT2D eigenvalue weighted by molar-refractivity contribution is 0.627. The minimum Gasteiger partial charge on any atom is -0.354 e. The van der Waals surface area contributed by atoms with Gasteiger partial charge in [-0.2, -0.15) is 10.5 Å². The molecule has 13 heteroatoms. The molecule has 0 radical (unpaired) electrons. The summed E-state index contributed by atoms with van der Waals surface area (Å²) in [5, 5.41) is 27.4. The molecule has 0 saturated heterocycles. The van der Waals surface area contributed by atoms with Gasteiger partial charge < -0.3 is 10.6 Å². The van der Waals surface area contributed by atoms with E-state index in [0.29, 0.717) is 42.8 Å². The highest BCUT2D eigenvalue weighted by molar-refractivity contribution is 7.19. The number of aromatic nitrogens is 6. The van der Waals surface area contributed by atoms with Crippen molar-refractivity contribution >= 4 is 55.0 Å². The summed E-state index contributed by atoms with van der Waals surface area (Å²) in [6.45, 7) is 1.31. The smallest absolute Gasteiger partial charge is 0.222 e. The molecular formula is C48H37FN10S2. The molecule has 61 heavy (non-hydrogen) atoms. The van der Waals surface area contributed by atoms with Gasteiger partial charge in [-0.05, 0) is 83.6 Å². The number of rotatable bonds is 13. The number of para-hydroxylation sites is 2. The van der Waals surface area contributed by atoms with Gasteiger partial charge in [-0.25, -0.2) is 34.3 Å². The van der Waals surface area contributed by atoms with E-state index in [-0.39, 0.29) is 5.82 Å². The second-order valence-electron chi connectivity index (χ2n) is 13.8. The van der Waals surface area contributed by atoms with Gasteiger partial charge in [0.25, 0.3) is 0 Å². The Kier molecular flexibility index (Phi) is 12.9. The van der Waals surface area contributed by atoms with Crippen LogP contribution in [0.5, 0.6) is 0 Å². The van der Waals surface area contributed by atoms with Crippen LogP contribution in [0.15, 0.2) is 152 Å². The van der Waals surface area contributed by atoms with Crippen molar-refractivity contribution in [2.24, 2.45) is 0 Å². The van der Waals surface area contributed by atoms with Crippen LogP contribution in [-0.2, 0) is 12.8 Å². The van der Waals surface area contributed by atoms with Gasteiger partial charge in [0.15, 0.2) is 0 Å². The summed E-state index contributed by atoms with van der Waals surface area (Å²) in [6, 6.07) is 49.3. The number of hydrogen-bond acceptors (Lipinski definition) is 12. The van der Waals surface area contributed by atoms with Crippen LogP contribution in [0, 0.1) is 28.5 Å². The fraction of sp³-hybridized carbons (Fsp3) is 0.125. The quantitative estimate of drug-likeness (QED) is 0.115. The Morgan fingerprint density at radius 3 is 1.43 bits per heavy atom. The van der Waals surface area contributed by atoms with Crippen molar-refractivity contribution < 1.29 is 4.39 Å². The first-order chi connectivity index (χ1) is 30.0. The molecule has 2 N–H and O–H groups in total. The minimum absolute atomic E-state index is 0.245. The van der Waals surface area contributed by atoms with Crippen molar-refractivity contribution in [3.63, 3.8) is 0 Å². The molecule has 0 spiro atoms. The van der Waals surface area contributed by atoms with Gasteiger partial charge in [0, 0.05) is 25.5 Å². The molecule has 5 aromatic carbocycles. The summed E-state index contributed by atoms with van der Waals surface area (Å²) in [5.74, 6) is -0.324. The van der Waals surface area contributed by atoms with Gasteiger partial charge in [-0.1, -0.05) is 91.0 Å². The molecule has 0 bridgehead atoms. The van der Waals surface area contributed by atoms with E-state index in [1.807, 2.05) is 54.6 Å². The van der Waals surface area contributed by atoms with E-state index in [1.165, 1.54) is 51.5 Å². The lowest BCUT2D eigenvalue weighted by atomic mass is 10.0. The predicted octanol–water partition coefficient (Wildman–Crippen LogP) is 10.6. The largest absolute Gasteiger partial charge is 0.354 e. The number of anilines is 2. The molecule has 0 aliphatic rings. The first kappa shape index (κ1) is 40.3. The summed E-state index contributed by atoms with van der Waals surface area (Å²) in [7, 11) is 0. The zero-order valence-electron chi connectivity index (χ0n) is 32.7. The standard InChI is InChI=1S/C27H21N5S.C21H16FN5S/c28-18-22(26-31-24-8-4-5-9-25(24)33-26)23-15-17-30-27(32-23)29-16-14-19-10-12-21(13-11-19)20-6-2-1-3-7-20;22-15-7-5-14(6-8-15)9-11-24-21-25-12-10-17(27-21)16(13-23)20-26-18-3-1-2-4-19(18)28-20/h1-13,15,17,22H,14,16H2,(H,29,30,32);1-8,10,12,16H,9,11H2,(H,24,25,27). The van der Waals surface area contributed by atoms with Gasteiger partial charge in [-0.15, -0.1) is 22.7 Å². The third-order valence-electron chi connectivity index (χ3n) is 9.69. The van der Waals surface area contributed by atoms with Crippen LogP contribution in [0.4, 0.5) is 16.3 Å². The van der Waals surface area contributed by atoms with E-state index in [9.17, 15) is 14.9 Å². The van der Waals surface area contributed by atoms with Crippen molar-refractivity contribution in [3.05, 3.63) is 190 Å². The zero-order valence-corrected chi connectivity index (χ0v) is 34.3. The third-order valence-corrected chi connectivity index (χ3v) is 11.9. The van der Waals surface area contributed by atoms with Crippen LogP contribution >= 0.6 is 22.7 Å². The third kappa shape index (κ3) is 10.2. The summed E-state index contributed by atoms with van der Waals surface area (Å²) in [5.41, 5.74) is 7.74. The summed E-state index contributed by atoms with van der Waals surface area (Å²) in [6.07, 6.45) is 4.90. The molecular weight excluding hydrogens is 800 g/mol. The van der Waals surface area contributed by atoms with Gasteiger partial charge >= 0.3 is 0 Å². The van der Waals surface area contributed by atoms with Crippen molar-refractivity contribution in [1.29, 1.82) is 10.5 Å². The molecule has 10 nitrogen and oxygen atoms in total. The minimum atomic E-state index is -0.543. The van der Waals surface area contributed by atoms with E-state index in [0.717, 1.165) is 42.4 Å². The van der Waals surface area contributed by atoms with E-state index in [1.54, 1.807) is 36.7 Å². The summed E-state index contributed by atoms with van der Waals surface area (Å²) in [4.78, 5) is 26.9. The van der Waals surface area contributed by atoms with Gasteiger partial charge in [0.2, 0.25) is 11.9 Å². The number of hydrogen-bond donors (Lipinski definition) is 2. The molecule has 9 aromatic rings. The maximum Gasteiger partial charge on any atom is 0.222 e. The topological polar surface area (TPSA) is 149 Å². The lowest BCUT2D eigenvalue weighted by Crippen LogP contribution is -2.10. The van der Waals surface area contributed by atoms with E-state index >= 15 is 0 Å². The Balaban J connectivity index is 0.000000171. The Morgan fingerprint density at radius 1 is 0.508 bits per heavy atom. The lowest BCUT2D eigenvalue weighted by Gasteiger charge is -2.09. The Bertz CT molecular complexity index is 2870. The Morgan fingerprint density at radius 2 is 0.951 bits per heavy atom. The molecule has 0 fully saturated rings. The zero-order chi connectivity index (χ0) is 41.8. The monoisotopic (exact) mass is 836 g/mol. The van der Waals surface area contributed by atoms with Crippen LogP contribution in [-0.4, -0.2) is 43.0 Å². The number of nitriles is 2. The van der Waals surface area contributed by atoms with Crippen molar-refractivity contribution in [2.75, 3.05) is 23.7 Å². The molecule has 4 aromatic heterocycles. The van der Waals surface area contributed by atoms with Gasteiger partial charge in [0.05, 0.1) is 44.0 Å². The van der Waals surface area contributed by atoms with Crippen LogP contribution in [0.25, 0.3) is 31.6 Å². The number of nitrogens with zero attached hydrogens (tertiary/aromatic N) is 8.